The Morgan fingerprint density at radius 2 is 1.82 bits per heavy atom. The SMILES string of the molecule is O=C(O)C1=CS(=O)(=O)C=C1c1ccccc1Br. The van der Waals surface area contributed by atoms with Gasteiger partial charge in [-0.05, 0) is 11.6 Å². The third-order valence-electron chi connectivity index (χ3n) is 2.25. The van der Waals surface area contributed by atoms with Gasteiger partial charge in [-0.25, -0.2) is 13.2 Å². The number of carboxylic acid groups (broad SMARTS) is 1. The molecule has 1 aromatic rings. The molecule has 0 saturated heterocycles. The van der Waals surface area contributed by atoms with Gasteiger partial charge in [0.25, 0.3) is 0 Å². The molecule has 1 heterocycles. The fraction of sp³-hybridized carbons (Fsp3) is 0. The molecule has 1 aliphatic rings. The fourth-order valence-electron chi connectivity index (χ4n) is 1.54. The lowest BCUT2D eigenvalue weighted by molar-refractivity contribution is -0.132. The normalized spacial score (nSPS) is 17.5. The van der Waals surface area contributed by atoms with E-state index in [0.717, 1.165) is 10.8 Å². The predicted octanol–water partition coefficient (Wildman–Crippen LogP) is 2.19. The Hall–Kier alpha value is -1.40. The maximum Gasteiger partial charge on any atom is 0.337 e. The van der Waals surface area contributed by atoms with Crippen molar-refractivity contribution in [3.63, 3.8) is 0 Å². The fourth-order valence-corrected chi connectivity index (χ4v) is 3.25. The van der Waals surface area contributed by atoms with Crippen LogP contribution in [0.1, 0.15) is 5.56 Å². The molecule has 0 fully saturated rings. The van der Waals surface area contributed by atoms with E-state index in [1.54, 1.807) is 24.3 Å². The molecule has 88 valence electrons. The van der Waals surface area contributed by atoms with Gasteiger partial charge in [-0.15, -0.1) is 0 Å². The quantitative estimate of drug-likeness (QED) is 0.908. The van der Waals surface area contributed by atoms with Crippen LogP contribution in [0.15, 0.2) is 45.1 Å². The van der Waals surface area contributed by atoms with Crippen LogP contribution in [0.25, 0.3) is 5.57 Å². The molecule has 17 heavy (non-hydrogen) atoms. The van der Waals surface area contributed by atoms with Crippen molar-refractivity contribution in [1.29, 1.82) is 0 Å². The molecule has 1 N–H and O–H groups in total. The van der Waals surface area contributed by atoms with Gasteiger partial charge in [0.15, 0.2) is 9.84 Å². The molecule has 1 aromatic carbocycles. The highest BCUT2D eigenvalue weighted by Gasteiger charge is 2.27. The first kappa shape index (κ1) is 12.1. The Labute approximate surface area is 106 Å². The molecule has 0 bridgehead atoms. The lowest BCUT2D eigenvalue weighted by atomic mass is 10.0. The number of carbonyl (C=O) groups is 1. The molecule has 0 atom stereocenters. The van der Waals surface area contributed by atoms with Crippen LogP contribution in [0.3, 0.4) is 0 Å². The minimum atomic E-state index is -3.58. The summed E-state index contributed by atoms with van der Waals surface area (Å²) >= 11 is 3.26. The molecule has 0 radical (unpaired) electrons. The topological polar surface area (TPSA) is 71.4 Å². The van der Waals surface area contributed by atoms with Gasteiger partial charge in [-0.2, -0.15) is 0 Å². The monoisotopic (exact) mass is 314 g/mol. The molecule has 0 aromatic heterocycles. The van der Waals surface area contributed by atoms with Crippen molar-refractivity contribution < 1.29 is 18.3 Å². The zero-order chi connectivity index (χ0) is 12.6. The zero-order valence-electron chi connectivity index (χ0n) is 8.42. The molecule has 2 rings (SSSR count). The summed E-state index contributed by atoms with van der Waals surface area (Å²) in [7, 11) is -3.58. The number of carboxylic acids is 1. The summed E-state index contributed by atoms with van der Waals surface area (Å²) in [5.74, 6) is -1.26. The minimum absolute atomic E-state index is 0.199. The number of benzene rings is 1. The van der Waals surface area contributed by atoms with Gasteiger partial charge in [-0.3, -0.25) is 0 Å². The van der Waals surface area contributed by atoms with Crippen molar-refractivity contribution in [1.82, 2.24) is 0 Å². The van der Waals surface area contributed by atoms with E-state index >= 15 is 0 Å². The van der Waals surface area contributed by atoms with E-state index in [-0.39, 0.29) is 11.1 Å². The number of hydrogen-bond donors (Lipinski definition) is 1. The number of aliphatic carboxylic acids is 1. The van der Waals surface area contributed by atoms with Crippen LogP contribution >= 0.6 is 15.9 Å². The number of sulfone groups is 1. The highest BCUT2D eigenvalue weighted by molar-refractivity contribution is 9.10. The maximum absolute atomic E-state index is 11.4. The lowest BCUT2D eigenvalue weighted by Crippen LogP contribution is -2.01. The summed E-state index contributed by atoms with van der Waals surface area (Å²) < 4.78 is 23.5. The average Bonchev–Trinajstić information content (AvgIpc) is 2.55. The van der Waals surface area contributed by atoms with Crippen molar-refractivity contribution in [3.05, 3.63) is 50.7 Å². The molecular formula is C11H7BrO4S. The van der Waals surface area contributed by atoms with Gasteiger partial charge in [0.2, 0.25) is 0 Å². The zero-order valence-corrected chi connectivity index (χ0v) is 10.8. The number of hydrogen-bond acceptors (Lipinski definition) is 3. The third-order valence-corrected chi connectivity index (χ3v) is 4.07. The van der Waals surface area contributed by atoms with Crippen LogP contribution in [-0.2, 0) is 14.6 Å². The number of rotatable bonds is 2. The van der Waals surface area contributed by atoms with Crippen molar-refractivity contribution >= 4 is 37.3 Å². The highest BCUT2D eigenvalue weighted by Crippen LogP contribution is 2.34. The summed E-state index contributed by atoms with van der Waals surface area (Å²) in [6, 6.07) is 6.86. The van der Waals surface area contributed by atoms with Crippen LogP contribution in [0.4, 0.5) is 0 Å². The minimum Gasteiger partial charge on any atom is -0.478 e. The standard InChI is InChI=1S/C11H7BrO4S/c12-10-4-2-1-3-7(10)8-5-17(15,16)6-9(8)11(13)14/h1-6H,(H,13,14). The molecule has 6 heteroatoms. The van der Waals surface area contributed by atoms with Crippen LogP contribution < -0.4 is 0 Å². The molecule has 0 saturated carbocycles. The van der Waals surface area contributed by atoms with Crippen LogP contribution in [0, 0.1) is 0 Å². The first-order chi connectivity index (χ1) is 7.91. The third kappa shape index (κ3) is 2.32. The Bertz CT molecular complexity index is 656. The summed E-state index contributed by atoms with van der Waals surface area (Å²) in [4.78, 5) is 11.0. The summed E-state index contributed by atoms with van der Waals surface area (Å²) in [6.07, 6.45) is 0. The van der Waals surface area contributed by atoms with Gasteiger partial charge < -0.3 is 5.11 Å². The van der Waals surface area contributed by atoms with Gasteiger partial charge in [0.05, 0.1) is 11.0 Å². The smallest absolute Gasteiger partial charge is 0.337 e. The van der Waals surface area contributed by atoms with Crippen LogP contribution in [-0.4, -0.2) is 19.5 Å². The Morgan fingerprint density at radius 3 is 2.41 bits per heavy atom. The van der Waals surface area contributed by atoms with Crippen molar-refractivity contribution in [2.75, 3.05) is 0 Å². The molecule has 1 aliphatic heterocycles. The van der Waals surface area contributed by atoms with E-state index in [9.17, 15) is 13.2 Å². The van der Waals surface area contributed by atoms with Crippen LogP contribution in [0.5, 0.6) is 0 Å². The highest BCUT2D eigenvalue weighted by atomic mass is 79.9. The van der Waals surface area contributed by atoms with E-state index in [1.807, 2.05) is 0 Å². The van der Waals surface area contributed by atoms with Gasteiger partial charge in [0, 0.05) is 15.5 Å². The second kappa shape index (κ2) is 4.12. The maximum atomic E-state index is 11.4. The second-order valence-electron chi connectivity index (χ2n) is 3.44. The summed E-state index contributed by atoms with van der Waals surface area (Å²) in [5.41, 5.74) is 0.532. The van der Waals surface area contributed by atoms with E-state index in [4.69, 9.17) is 5.11 Å². The van der Waals surface area contributed by atoms with Gasteiger partial charge in [0.1, 0.15) is 0 Å². The predicted molar refractivity (Wildman–Crippen MR) is 66.8 cm³/mol. The van der Waals surface area contributed by atoms with E-state index in [0.29, 0.717) is 10.0 Å². The van der Waals surface area contributed by atoms with Crippen molar-refractivity contribution in [3.8, 4) is 0 Å². The first-order valence-corrected chi connectivity index (χ1v) is 6.98. The summed E-state index contributed by atoms with van der Waals surface area (Å²) in [5, 5.41) is 10.7. The lowest BCUT2D eigenvalue weighted by Gasteiger charge is -2.05. The van der Waals surface area contributed by atoms with Gasteiger partial charge in [-0.1, -0.05) is 34.1 Å². The van der Waals surface area contributed by atoms with Crippen molar-refractivity contribution in [2.45, 2.75) is 0 Å². The molecule has 0 unspecified atom stereocenters. The molecule has 0 spiro atoms. The molecule has 0 amide bonds. The second-order valence-corrected chi connectivity index (χ2v) is 5.94. The Morgan fingerprint density at radius 1 is 1.18 bits per heavy atom. The van der Waals surface area contributed by atoms with Crippen molar-refractivity contribution in [2.24, 2.45) is 0 Å². The first-order valence-electron chi connectivity index (χ1n) is 4.58. The van der Waals surface area contributed by atoms with E-state index < -0.39 is 15.8 Å². The number of halogens is 1. The Kier molecular flexibility index (Phi) is 2.92. The molecule has 0 aliphatic carbocycles. The average molecular weight is 315 g/mol. The molecular weight excluding hydrogens is 308 g/mol. The van der Waals surface area contributed by atoms with Gasteiger partial charge >= 0.3 is 5.97 Å². The van der Waals surface area contributed by atoms with E-state index in [1.165, 1.54) is 0 Å². The molecule has 4 nitrogen and oxygen atoms in total. The largest absolute Gasteiger partial charge is 0.478 e. The Balaban J connectivity index is 2.65. The van der Waals surface area contributed by atoms with E-state index in [2.05, 4.69) is 15.9 Å². The summed E-state index contributed by atoms with van der Waals surface area (Å²) in [6.45, 7) is 0. The van der Waals surface area contributed by atoms with Crippen LogP contribution in [0.2, 0.25) is 0 Å².